The number of nitrogens with zero attached hydrogens (tertiary/aromatic N) is 3. The fourth-order valence-corrected chi connectivity index (χ4v) is 17.3. The number of nitrogens with one attached hydrogen (secondary N) is 7. The summed E-state index contributed by atoms with van der Waals surface area (Å²) in [4.78, 5) is 240. The summed E-state index contributed by atoms with van der Waals surface area (Å²) >= 11 is 1.28. The largest absolute Gasteiger partial charge is 0.481 e. The molecule has 0 unspecified atom stereocenters. The molecule has 0 aliphatic carbocycles. The maximum absolute atomic E-state index is 14.4. The molecule has 37 nitrogen and oxygen atoms in total. The monoisotopic (exact) mass is 1880 g/mol. The minimum absolute atomic E-state index is 0.0705. The number of fused-ring (bicyclic) bond motifs is 2. The molecule has 9 atom stereocenters. The first-order valence-electron chi connectivity index (χ1n) is 44.6. The third-order valence-corrected chi connectivity index (χ3v) is 25.0. The smallest absolute Gasteiger partial charge is 0.303 e. The van der Waals surface area contributed by atoms with E-state index < -0.39 is 260 Å². The zero-order chi connectivity index (χ0) is 98.5. The van der Waals surface area contributed by atoms with Crippen LogP contribution in [0.2, 0.25) is 0 Å². The Kier molecular flexibility index (Phi) is 45.4. The van der Waals surface area contributed by atoms with Crippen LogP contribution in [0.3, 0.4) is 0 Å². The van der Waals surface area contributed by atoms with Crippen molar-refractivity contribution in [2.75, 3.05) is 63.3 Å². The summed E-state index contributed by atoms with van der Waals surface area (Å²) in [5.74, 6) is -20.8. The third-order valence-electron chi connectivity index (χ3n) is 23.4. The van der Waals surface area contributed by atoms with Gasteiger partial charge in [0.2, 0.25) is 52.9 Å². The zero-order valence-corrected chi connectivity index (χ0v) is 78.7. The van der Waals surface area contributed by atoms with E-state index in [-0.39, 0.29) is 98.2 Å². The first kappa shape index (κ1) is 111. The third kappa shape index (κ3) is 35.6. The molecule has 132 heavy (non-hydrogen) atoms. The van der Waals surface area contributed by atoms with Crippen LogP contribution in [0.15, 0.2) is 89.5 Å². The highest BCUT2D eigenvalue weighted by molar-refractivity contribution is 7.98. The second kappa shape index (κ2) is 53.9. The lowest BCUT2D eigenvalue weighted by atomic mass is 9.81. The Labute approximate surface area is 773 Å². The number of hydrogen-bond donors (Lipinski definition) is 13. The molecule has 3 aliphatic heterocycles. The summed E-state index contributed by atoms with van der Waals surface area (Å²) in [5, 5.41) is 66.3. The topological polar surface area (TPSA) is 566 Å². The first-order valence-corrected chi connectivity index (χ1v) is 47.4. The molecule has 1 saturated heterocycles. The van der Waals surface area contributed by atoms with E-state index in [1.807, 2.05) is 55.2 Å². The molecule has 5 rings (SSSR count). The second-order valence-electron chi connectivity index (χ2n) is 34.9. The summed E-state index contributed by atoms with van der Waals surface area (Å²) in [5.41, 5.74) is 5.86. The highest BCUT2D eigenvalue weighted by Crippen LogP contribution is 2.49. The van der Waals surface area contributed by atoms with Crippen molar-refractivity contribution < 1.29 is 134 Å². The fourth-order valence-electron chi connectivity index (χ4n) is 16.2. The highest BCUT2D eigenvalue weighted by atomic mass is 32.2. The van der Waals surface area contributed by atoms with Crippen LogP contribution in [-0.2, 0) is 112 Å². The summed E-state index contributed by atoms with van der Waals surface area (Å²) in [6, 6.07) is 2.70. The first-order chi connectivity index (χ1) is 62.1. The van der Waals surface area contributed by atoms with Crippen molar-refractivity contribution in [3.63, 3.8) is 0 Å². The number of ether oxygens (including phenoxy) is 1. The van der Waals surface area contributed by atoms with E-state index in [1.54, 1.807) is 26.2 Å². The van der Waals surface area contributed by atoms with Crippen molar-refractivity contribution in [2.24, 2.45) is 23.7 Å². The number of ketones is 5. The van der Waals surface area contributed by atoms with E-state index in [0.717, 1.165) is 18.0 Å². The van der Waals surface area contributed by atoms with Crippen molar-refractivity contribution in [3.05, 3.63) is 101 Å². The Morgan fingerprint density at radius 3 is 1.70 bits per heavy atom. The predicted octanol–water partition coefficient (Wildman–Crippen LogP) is 7.02. The number of likely N-dealkylation sites (tertiary alicyclic amines) is 1. The van der Waals surface area contributed by atoms with Crippen molar-refractivity contribution in [1.82, 2.24) is 42.1 Å². The van der Waals surface area contributed by atoms with Gasteiger partial charge in [0.1, 0.15) is 25.2 Å². The summed E-state index contributed by atoms with van der Waals surface area (Å²) in [6.07, 6.45) is 7.51. The lowest BCUT2D eigenvalue weighted by Crippen LogP contribution is -2.54. The fraction of sp³-hybridized carbons (Fsp3) is 0.581. The van der Waals surface area contributed by atoms with Gasteiger partial charge in [0.05, 0.1) is 46.9 Å². The highest BCUT2D eigenvalue weighted by Gasteiger charge is 2.45. The molecule has 3 aliphatic rings. The van der Waals surface area contributed by atoms with E-state index >= 15 is 0 Å². The van der Waals surface area contributed by atoms with Crippen molar-refractivity contribution in [2.45, 2.75) is 268 Å². The molecule has 3 heterocycles. The van der Waals surface area contributed by atoms with Crippen LogP contribution in [0.25, 0.3) is 0 Å². The minimum Gasteiger partial charge on any atom is -0.481 e. The number of aryl methyl sites for hydroxylation is 1. The van der Waals surface area contributed by atoms with Crippen LogP contribution in [0.5, 0.6) is 0 Å². The zero-order valence-electron chi connectivity index (χ0n) is 77.1. The van der Waals surface area contributed by atoms with Gasteiger partial charge in [-0.25, -0.2) is 0 Å². The molecule has 0 spiro atoms. The maximum Gasteiger partial charge on any atom is 0.303 e. The van der Waals surface area contributed by atoms with Gasteiger partial charge in [0.25, 0.3) is 10.1 Å². The molecule has 13 N–H and O–H groups in total. The van der Waals surface area contributed by atoms with Gasteiger partial charge in [-0.3, -0.25) is 90.9 Å². The second-order valence-corrected chi connectivity index (χ2v) is 37.2. The molecule has 0 aromatic heterocycles. The summed E-state index contributed by atoms with van der Waals surface area (Å²) < 4.78 is 42.7. The lowest BCUT2D eigenvalue weighted by Gasteiger charge is -2.27. The standard InChI is InChI=1S/C93H130N10O27S2/c1-12-101-70-35-28-57(4)48-64(70)92(6,7)77(101)25-17-14-13-15-18-26-78-93(8,9)65-52-63(132(127,128)129)31-36-71(65)102(78)44-20-16-19-27-80(110)97-67(33-42-85(118)119)75(107)50-59(29-39-82(112)113)88(123)99-68(34-43-86(120)121)76(108)51-60(30-40-83(114)115)87(122)98-66(32-41-84(116)117)74(106)24-22-46-130-54-81(111)103-45-21-23-72(103)91(126)100-69(47-56(2)3)90(125)95-53-62(104)49-61(55-131-11)89(124)96-58(5)73(105)37-38-79(109)94-10/h13-15,17-18,25-26,28,31,35-36,48,52,56,58-61,66-69,72H,12,16,19-24,27,29-30,32-34,37-47,49-51,53-55H2,1-11H3,(H12-,94,95,96,97,98,99,100,109,110,112,113,114,115,116,117,118,119,120,121,122,123,124,125,126,127,128,129)/p+1/t58-,59-,60-,61-,66+,67+,68+,69-,72-/m0/s1. The van der Waals surface area contributed by atoms with Crippen molar-refractivity contribution >= 4 is 145 Å². The maximum atomic E-state index is 14.4. The molecule has 0 bridgehead atoms. The van der Waals surface area contributed by atoms with E-state index in [0.29, 0.717) is 37.1 Å². The number of benzene rings is 2. The van der Waals surface area contributed by atoms with Gasteiger partial charge in [0.15, 0.2) is 34.6 Å². The Morgan fingerprint density at radius 2 is 1.14 bits per heavy atom. The molecule has 726 valence electrons. The number of anilines is 1. The van der Waals surface area contributed by atoms with Gasteiger partial charge in [-0.05, 0) is 153 Å². The molecule has 1 fully saturated rings. The SMILES string of the molecule is CC[N+]1=C(/C=C/C=C/C=C/C=C2/N(CCCCCC(=O)N[C@H](CCC(=O)O)C(=O)C[C@H](CCC(=O)O)C(=O)N[C@H](CCC(=O)O)C(=O)C[C@H](CCC(=O)O)C(=O)N[C@H](CCC(=O)O)C(=O)CCCOCC(=O)N3CCC[C@H]3C(=O)N[C@@H](CC(C)C)C(=O)NCC(=O)C[C@@H](CSC)C(=O)N[C@@H](C)C(=O)CCC(=O)NC)c3ccc(S(=O)(=O)O)cc3C2(C)C)C(C)(C)c2cc(C)ccc21. The number of Topliss-reactive ketones (excluding diaryl/α,β-unsaturated/α-hetero) is 5. The van der Waals surface area contributed by atoms with Crippen LogP contribution in [-0.4, -0.2) is 254 Å². The van der Waals surface area contributed by atoms with Gasteiger partial charge >= 0.3 is 29.8 Å². The predicted molar refractivity (Wildman–Crippen MR) is 488 cm³/mol. The van der Waals surface area contributed by atoms with Gasteiger partial charge < -0.3 is 77.3 Å². The van der Waals surface area contributed by atoms with Gasteiger partial charge in [0, 0.05) is 156 Å². The van der Waals surface area contributed by atoms with Crippen LogP contribution in [0, 0.1) is 30.6 Å². The Balaban J connectivity index is 1.20. The number of amides is 8. The van der Waals surface area contributed by atoms with E-state index in [9.17, 15) is 125 Å². The number of carbonyl (C=O) groups excluding carboxylic acids is 13. The minimum atomic E-state index is -4.59. The molecular weight excluding hydrogens is 1750 g/mol. The van der Waals surface area contributed by atoms with Gasteiger partial charge in [-0.1, -0.05) is 76.1 Å². The molecule has 0 radical (unpaired) electrons. The number of thioether (sulfide) groups is 1. The van der Waals surface area contributed by atoms with Crippen molar-refractivity contribution in [3.8, 4) is 0 Å². The quantitative estimate of drug-likeness (QED) is 0.0137. The summed E-state index contributed by atoms with van der Waals surface area (Å²) in [6.45, 7) is 17.4. The number of carboxylic acids is 5. The number of aliphatic carboxylic acids is 5. The van der Waals surface area contributed by atoms with E-state index in [1.165, 1.54) is 59.6 Å². The normalized spacial score (nSPS) is 16.6. The molecular formula is C93H131N10O27S2+. The number of hydrogen-bond acceptors (Lipinski definition) is 23. The molecule has 39 heteroatoms. The molecule has 8 amide bonds. The number of carbonyl (C=O) groups is 18. The Hall–Kier alpha value is -11.5. The van der Waals surface area contributed by atoms with E-state index in [4.69, 9.17) is 4.74 Å². The van der Waals surface area contributed by atoms with Crippen LogP contribution >= 0.6 is 11.8 Å². The lowest BCUT2D eigenvalue weighted by molar-refractivity contribution is -0.433. The molecule has 0 saturated carbocycles. The van der Waals surface area contributed by atoms with Gasteiger partial charge in [-0.2, -0.15) is 24.8 Å². The van der Waals surface area contributed by atoms with E-state index in [2.05, 4.69) is 93.8 Å². The number of carboxylic acid groups (broad SMARTS) is 5. The molecule has 2 aromatic carbocycles. The average molecular weight is 1890 g/mol. The van der Waals surface area contributed by atoms with Crippen LogP contribution < -0.4 is 42.1 Å². The average Bonchev–Trinajstić information content (AvgIpc) is 1.58. The van der Waals surface area contributed by atoms with Crippen LogP contribution in [0.1, 0.15) is 226 Å². The number of allylic oxidation sites excluding steroid dienone is 8. The summed E-state index contributed by atoms with van der Waals surface area (Å²) in [7, 11) is -3.16. The number of rotatable bonds is 62. The van der Waals surface area contributed by atoms with Crippen LogP contribution in [0.4, 0.5) is 11.4 Å². The number of unbranched alkanes of at least 4 members (excludes halogenated alkanes) is 2. The molecule has 2 aromatic rings. The van der Waals surface area contributed by atoms with Crippen molar-refractivity contribution in [1.29, 1.82) is 0 Å². The Morgan fingerprint density at radius 1 is 0.576 bits per heavy atom. The Bertz CT molecular complexity index is 4820. The van der Waals surface area contributed by atoms with Gasteiger partial charge in [-0.15, -0.1) is 0 Å².